The number of ether oxygens (including phenoxy) is 1. The van der Waals surface area contributed by atoms with Gasteiger partial charge in [0.1, 0.15) is 12.1 Å². The number of nitrogens with one attached hydrogen (secondary N) is 1. The molecule has 1 heterocycles. The Hall–Kier alpha value is -1.34. The zero-order valence-electron chi connectivity index (χ0n) is 15.2. The number of hydrogen-bond acceptors (Lipinski definition) is 5. The van der Waals surface area contributed by atoms with E-state index in [-0.39, 0.29) is 30.4 Å². The fourth-order valence-electron chi connectivity index (χ4n) is 3.68. The van der Waals surface area contributed by atoms with Crippen LogP contribution in [0.4, 0.5) is 0 Å². The minimum atomic E-state index is -0.472. The van der Waals surface area contributed by atoms with Gasteiger partial charge in [-0.15, -0.1) is 12.4 Å². The molecule has 1 amide bonds. The molecule has 0 unspecified atom stereocenters. The zero-order valence-corrected chi connectivity index (χ0v) is 16.0. The molecule has 0 spiro atoms. The van der Waals surface area contributed by atoms with E-state index in [1.807, 2.05) is 0 Å². The normalized spacial score (nSPS) is 24.6. The second-order valence-corrected chi connectivity index (χ2v) is 7.42. The van der Waals surface area contributed by atoms with E-state index >= 15 is 0 Å². The van der Waals surface area contributed by atoms with Crippen molar-refractivity contribution in [2.75, 3.05) is 19.8 Å². The third-order valence-corrected chi connectivity index (χ3v) is 4.98. The maximum absolute atomic E-state index is 12.6. The minimum absolute atomic E-state index is 0. The molecule has 2 atom stereocenters. The smallest absolute Gasteiger partial charge is 0.238 e. The van der Waals surface area contributed by atoms with Gasteiger partial charge in [-0.1, -0.05) is 26.7 Å². The van der Waals surface area contributed by atoms with Crippen molar-refractivity contribution in [1.82, 2.24) is 10.2 Å². The average Bonchev–Trinajstić information content (AvgIpc) is 3.19. The van der Waals surface area contributed by atoms with Crippen molar-refractivity contribution in [3.05, 3.63) is 0 Å². The molecule has 25 heavy (non-hydrogen) atoms. The Morgan fingerprint density at radius 1 is 1.24 bits per heavy atom. The molecule has 140 valence electrons. The summed E-state index contributed by atoms with van der Waals surface area (Å²) in [5.41, 5.74) is -0.144. The number of halogens is 1. The SMILES string of the molecule is CC(C)COCC1(NCC(=O)N2[C@H](C#N)CC[C@@H]2C#N)CCCC1.Cl. The molecular weight excluding hydrogens is 340 g/mol. The molecule has 2 fully saturated rings. The van der Waals surface area contributed by atoms with Gasteiger partial charge in [0.25, 0.3) is 0 Å². The number of amides is 1. The summed E-state index contributed by atoms with van der Waals surface area (Å²) >= 11 is 0. The van der Waals surface area contributed by atoms with Gasteiger partial charge in [0.05, 0.1) is 25.3 Å². The van der Waals surface area contributed by atoms with Crippen LogP contribution in [0.1, 0.15) is 52.4 Å². The van der Waals surface area contributed by atoms with Crippen molar-refractivity contribution in [3.63, 3.8) is 0 Å². The van der Waals surface area contributed by atoms with Crippen LogP contribution in [-0.2, 0) is 9.53 Å². The first-order chi connectivity index (χ1) is 11.5. The summed E-state index contributed by atoms with van der Waals surface area (Å²) in [4.78, 5) is 14.0. The minimum Gasteiger partial charge on any atom is -0.379 e. The predicted octanol–water partition coefficient (Wildman–Crippen LogP) is 2.39. The van der Waals surface area contributed by atoms with Gasteiger partial charge in [0.15, 0.2) is 0 Å². The molecule has 7 heteroatoms. The lowest BCUT2D eigenvalue weighted by atomic mass is 9.98. The maximum Gasteiger partial charge on any atom is 0.238 e. The number of likely N-dealkylation sites (tertiary alicyclic amines) is 1. The largest absolute Gasteiger partial charge is 0.379 e. The van der Waals surface area contributed by atoms with E-state index in [1.165, 1.54) is 4.90 Å². The Labute approximate surface area is 156 Å². The van der Waals surface area contributed by atoms with Crippen molar-refractivity contribution in [2.24, 2.45) is 5.92 Å². The van der Waals surface area contributed by atoms with Gasteiger partial charge in [0.2, 0.25) is 5.91 Å². The van der Waals surface area contributed by atoms with Gasteiger partial charge in [-0.3, -0.25) is 4.79 Å². The van der Waals surface area contributed by atoms with Crippen molar-refractivity contribution in [2.45, 2.75) is 70.0 Å². The van der Waals surface area contributed by atoms with Gasteiger partial charge in [-0.25, -0.2) is 0 Å². The fourth-order valence-corrected chi connectivity index (χ4v) is 3.68. The molecule has 1 aliphatic heterocycles. The molecule has 1 saturated carbocycles. The molecular formula is C18H29ClN4O2. The molecule has 2 aliphatic rings. The van der Waals surface area contributed by atoms with Gasteiger partial charge in [0, 0.05) is 12.1 Å². The second-order valence-electron chi connectivity index (χ2n) is 7.42. The summed E-state index contributed by atoms with van der Waals surface area (Å²) in [5.74, 6) is 0.336. The molecule has 1 saturated heterocycles. The summed E-state index contributed by atoms with van der Waals surface area (Å²) in [6.45, 7) is 5.74. The third-order valence-electron chi connectivity index (χ3n) is 4.98. The lowest BCUT2D eigenvalue weighted by Gasteiger charge is -2.32. The van der Waals surface area contributed by atoms with Crippen LogP contribution in [0.2, 0.25) is 0 Å². The van der Waals surface area contributed by atoms with Gasteiger partial charge >= 0.3 is 0 Å². The summed E-state index contributed by atoms with van der Waals surface area (Å²) in [6, 6.07) is 3.35. The first-order valence-electron chi connectivity index (χ1n) is 8.94. The first-order valence-corrected chi connectivity index (χ1v) is 8.94. The molecule has 0 radical (unpaired) electrons. The van der Waals surface area contributed by atoms with E-state index in [4.69, 9.17) is 4.74 Å². The fraction of sp³-hybridized carbons (Fsp3) is 0.833. The van der Waals surface area contributed by atoms with Crippen LogP contribution in [0.25, 0.3) is 0 Å². The summed E-state index contributed by atoms with van der Waals surface area (Å²) in [5, 5.41) is 21.8. The summed E-state index contributed by atoms with van der Waals surface area (Å²) in [7, 11) is 0. The first kappa shape index (κ1) is 21.7. The number of nitriles is 2. The van der Waals surface area contributed by atoms with Crippen LogP contribution in [0.15, 0.2) is 0 Å². The van der Waals surface area contributed by atoms with Crippen molar-refractivity contribution in [3.8, 4) is 12.1 Å². The third kappa shape index (κ3) is 5.57. The van der Waals surface area contributed by atoms with Gasteiger partial charge < -0.3 is 15.0 Å². The number of carbonyl (C=O) groups excluding carboxylic acids is 1. The summed E-state index contributed by atoms with van der Waals surface area (Å²) in [6.07, 6.45) is 5.45. The Morgan fingerprint density at radius 2 is 1.80 bits per heavy atom. The zero-order chi connectivity index (χ0) is 17.6. The second kappa shape index (κ2) is 9.97. The molecule has 0 bridgehead atoms. The highest BCUT2D eigenvalue weighted by Gasteiger charge is 2.39. The molecule has 1 aliphatic carbocycles. The quantitative estimate of drug-likeness (QED) is 0.745. The van der Waals surface area contributed by atoms with E-state index in [2.05, 4.69) is 31.3 Å². The topological polar surface area (TPSA) is 89.2 Å². The molecule has 6 nitrogen and oxygen atoms in total. The van der Waals surface area contributed by atoms with E-state index in [9.17, 15) is 15.3 Å². The number of nitrogens with zero attached hydrogens (tertiary/aromatic N) is 3. The molecule has 2 rings (SSSR count). The van der Waals surface area contributed by atoms with Crippen LogP contribution >= 0.6 is 12.4 Å². The van der Waals surface area contributed by atoms with Crippen molar-refractivity contribution < 1.29 is 9.53 Å². The lowest BCUT2D eigenvalue weighted by Crippen LogP contribution is -2.53. The van der Waals surface area contributed by atoms with E-state index in [0.29, 0.717) is 25.4 Å². The van der Waals surface area contributed by atoms with Crippen LogP contribution in [-0.4, -0.2) is 48.2 Å². The highest BCUT2D eigenvalue weighted by atomic mass is 35.5. The average molecular weight is 369 g/mol. The van der Waals surface area contributed by atoms with Crippen LogP contribution < -0.4 is 5.32 Å². The monoisotopic (exact) mass is 368 g/mol. The maximum atomic E-state index is 12.6. The molecule has 0 aromatic heterocycles. The number of rotatable bonds is 7. The molecule has 0 aromatic rings. The Bertz CT molecular complexity index is 498. The van der Waals surface area contributed by atoms with E-state index in [1.54, 1.807) is 0 Å². The van der Waals surface area contributed by atoms with Gasteiger partial charge in [-0.2, -0.15) is 10.5 Å². The lowest BCUT2D eigenvalue weighted by molar-refractivity contribution is -0.131. The molecule has 0 aromatic carbocycles. The van der Waals surface area contributed by atoms with E-state index < -0.39 is 12.1 Å². The van der Waals surface area contributed by atoms with Crippen LogP contribution in [0.3, 0.4) is 0 Å². The summed E-state index contributed by atoms with van der Waals surface area (Å²) < 4.78 is 5.83. The standard InChI is InChI=1S/C18H28N4O2.ClH/c1-14(2)12-24-13-18(7-3-4-8-18)21-11-17(23)22-15(9-19)5-6-16(22)10-20;/h14-16,21H,3-8,11-13H2,1-2H3;1H/t15-,16+;. The number of hydrogen-bond donors (Lipinski definition) is 1. The van der Waals surface area contributed by atoms with Crippen molar-refractivity contribution >= 4 is 18.3 Å². The van der Waals surface area contributed by atoms with E-state index in [0.717, 1.165) is 32.3 Å². The van der Waals surface area contributed by atoms with Crippen LogP contribution in [0, 0.1) is 28.6 Å². The van der Waals surface area contributed by atoms with Crippen LogP contribution in [0.5, 0.6) is 0 Å². The number of carbonyl (C=O) groups is 1. The Balaban J connectivity index is 0.00000312. The Kier molecular flexibility index (Phi) is 8.65. The highest BCUT2D eigenvalue weighted by molar-refractivity contribution is 5.85. The predicted molar refractivity (Wildman–Crippen MR) is 97.0 cm³/mol. The Morgan fingerprint density at radius 3 is 2.28 bits per heavy atom. The highest BCUT2D eigenvalue weighted by Crippen LogP contribution is 2.30. The van der Waals surface area contributed by atoms with Crippen molar-refractivity contribution in [1.29, 1.82) is 10.5 Å². The van der Waals surface area contributed by atoms with Gasteiger partial charge in [-0.05, 0) is 31.6 Å². The molecule has 1 N–H and O–H groups in total.